The summed E-state index contributed by atoms with van der Waals surface area (Å²) in [6.07, 6.45) is 3.12. The first-order valence-corrected chi connectivity index (χ1v) is 9.65. The molecule has 8 nitrogen and oxygen atoms in total. The number of ether oxygens (including phenoxy) is 2. The minimum absolute atomic E-state index is 0. The summed E-state index contributed by atoms with van der Waals surface area (Å²) in [6.45, 7) is -0.171. The Bertz CT molecular complexity index is 1220. The van der Waals surface area contributed by atoms with Crippen molar-refractivity contribution in [3.05, 3.63) is 77.8 Å². The summed E-state index contributed by atoms with van der Waals surface area (Å²) in [6, 6.07) is 16.1. The number of aromatic nitrogens is 3. The molecule has 0 amide bonds. The molecule has 4 rings (SSSR count). The summed E-state index contributed by atoms with van der Waals surface area (Å²) in [5.74, 6) is 0.279. The molecule has 0 atom stereocenters. The second-order valence-corrected chi connectivity index (χ2v) is 6.84. The molecule has 1 radical (unpaired) electrons. The largest absolute Gasteiger partial charge is 0.486 e. The van der Waals surface area contributed by atoms with Gasteiger partial charge in [0.05, 0.1) is 21.6 Å². The second-order valence-electron chi connectivity index (χ2n) is 6.43. The summed E-state index contributed by atoms with van der Waals surface area (Å²) >= 11 is 6.39. The fraction of sp³-hybridized carbons (Fsp3) is 0.0909. The maximum atomic E-state index is 10.9. The zero-order valence-corrected chi connectivity index (χ0v) is 19.9. The third-order valence-corrected chi connectivity index (χ3v) is 4.57. The number of pyridine rings is 1. The van der Waals surface area contributed by atoms with Gasteiger partial charge in [-0.2, -0.15) is 0 Å². The van der Waals surface area contributed by atoms with E-state index in [-0.39, 0.29) is 29.6 Å². The Morgan fingerprint density at radius 1 is 1.00 bits per heavy atom. The van der Waals surface area contributed by atoms with Crippen molar-refractivity contribution in [2.75, 3.05) is 11.9 Å². The van der Waals surface area contributed by atoms with Gasteiger partial charge in [-0.3, -0.25) is 4.98 Å². The summed E-state index contributed by atoms with van der Waals surface area (Å²) < 4.78 is 11.2. The maximum Gasteiger partial charge on any atom is 0.341 e. The molecule has 0 unspecified atom stereocenters. The number of rotatable bonds is 8. The van der Waals surface area contributed by atoms with Crippen LogP contribution in [-0.2, 0) is 11.4 Å². The van der Waals surface area contributed by atoms with Crippen LogP contribution in [0.1, 0.15) is 5.69 Å². The van der Waals surface area contributed by atoms with E-state index < -0.39 is 12.6 Å². The Morgan fingerprint density at radius 3 is 2.62 bits per heavy atom. The Balaban J connectivity index is 0.00000289. The topological polar surface area (TPSA) is 106 Å². The summed E-state index contributed by atoms with van der Waals surface area (Å²) in [4.78, 5) is 23.6. The van der Waals surface area contributed by atoms with Gasteiger partial charge in [0, 0.05) is 41.4 Å². The van der Waals surface area contributed by atoms with E-state index >= 15 is 0 Å². The van der Waals surface area contributed by atoms with Crippen LogP contribution < -0.4 is 14.8 Å². The number of nitrogens with zero attached hydrogens (tertiary/aromatic N) is 3. The normalized spacial score (nSPS) is 10.3. The Labute approximate surface area is 210 Å². The number of halogens is 1. The number of nitrogens with one attached hydrogen (secondary N) is 1. The molecule has 2 aromatic heterocycles. The molecular weight excluding hydrogens is 443 g/mol. The molecule has 0 bridgehead atoms. The quantitative estimate of drug-likeness (QED) is 0.379. The van der Waals surface area contributed by atoms with Crippen molar-refractivity contribution in [2.45, 2.75) is 6.61 Å². The zero-order valence-electron chi connectivity index (χ0n) is 17.2. The molecule has 0 aliphatic heterocycles. The van der Waals surface area contributed by atoms with E-state index in [1.165, 1.54) is 6.33 Å². The monoisotopic (exact) mass is 459 g/mol. The van der Waals surface area contributed by atoms with Gasteiger partial charge in [0.2, 0.25) is 0 Å². The first kappa shape index (κ1) is 23.7. The number of aliphatic carboxylic acids is 1. The van der Waals surface area contributed by atoms with Gasteiger partial charge >= 0.3 is 5.97 Å². The van der Waals surface area contributed by atoms with E-state index in [4.69, 9.17) is 26.2 Å². The molecule has 10 heteroatoms. The van der Waals surface area contributed by atoms with Crippen molar-refractivity contribution in [1.29, 1.82) is 0 Å². The molecule has 0 fully saturated rings. The van der Waals surface area contributed by atoms with E-state index in [9.17, 15) is 4.79 Å². The van der Waals surface area contributed by atoms with Gasteiger partial charge in [-0.1, -0.05) is 23.7 Å². The first-order chi connectivity index (χ1) is 15.1. The van der Waals surface area contributed by atoms with Crippen molar-refractivity contribution in [1.82, 2.24) is 15.0 Å². The van der Waals surface area contributed by atoms with Crippen LogP contribution in [0.4, 0.5) is 11.5 Å². The fourth-order valence-electron chi connectivity index (χ4n) is 2.90. The van der Waals surface area contributed by atoms with Crippen LogP contribution in [0.15, 0.2) is 67.1 Å². The van der Waals surface area contributed by atoms with E-state index in [1.54, 1.807) is 42.6 Å². The number of carboxylic acid groups (broad SMARTS) is 1. The van der Waals surface area contributed by atoms with Gasteiger partial charge in [-0.25, -0.2) is 14.8 Å². The molecular formula is C22H17ClN4NaO4. The van der Waals surface area contributed by atoms with Crippen LogP contribution in [0, 0.1) is 0 Å². The number of carboxylic acids is 1. The predicted molar refractivity (Wildman–Crippen MR) is 122 cm³/mol. The molecule has 0 spiro atoms. The van der Waals surface area contributed by atoms with Gasteiger partial charge in [-0.15, -0.1) is 0 Å². The van der Waals surface area contributed by atoms with Crippen LogP contribution in [0.3, 0.4) is 0 Å². The van der Waals surface area contributed by atoms with Gasteiger partial charge in [0.1, 0.15) is 30.3 Å². The predicted octanol–water partition coefficient (Wildman–Crippen LogP) is 4.08. The minimum atomic E-state index is -1.07. The van der Waals surface area contributed by atoms with Crippen LogP contribution >= 0.6 is 11.6 Å². The fourth-order valence-corrected chi connectivity index (χ4v) is 3.14. The molecule has 2 aromatic carbocycles. The molecule has 0 saturated heterocycles. The molecule has 0 aliphatic carbocycles. The molecule has 0 saturated carbocycles. The smallest absolute Gasteiger partial charge is 0.341 e. The maximum absolute atomic E-state index is 10.9. The Kier molecular flexibility index (Phi) is 8.24. The van der Waals surface area contributed by atoms with E-state index in [0.29, 0.717) is 45.5 Å². The van der Waals surface area contributed by atoms with Crippen molar-refractivity contribution < 1.29 is 19.4 Å². The second kappa shape index (κ2) is 11.1. The van der Waals surface area contributed by atoms with E-state index in [2.05, 4.69) is 20.3 Å². The number of benzene rings is 2. The number of carbonyl (C=O) groups is 1. The standard InChI is InChI=1S/C22H17ClN4O4.Na/c23-16-10-14(7-8-18(16)30-11-15-4-1-2-9-24-15)27-22-21-17(25-13-26-22)5-3-6-19(21)31-12-20(28)29;/h1-10,13H,11-12H2,(H,28,29)(H,25,26,27);. The van der Waals surface area contributed by atoms with Gasteiger partial charge in [0.15, 0.2) is 6.61 Å². The third-order valence-electron chi connectivity index (χ3n) is 4.27. The SMILES string of the molecule is O=C(O)COc1cccc2ncnc(Nc3ccc(OCc4ccccn4)c(Cl)c3)c12.[Na]. The number of hydrogen-bond acceptors (Lipinski definition) is 7. The van der Waals surface area contributed by atoms with E-state index in [1.807, 2.05) is 18.2 Å². The average molecular weight is 460 g/mol. The molecule has 2 N–H and O–H groups in total. The molecule has 2 heterocycles. The molecule has 0 aliphatic rings. The summed E-state index contributed by atoms with van der Waals surface area (Å²) in [5, 5.41) is 13.1. The van der Waals surface area contributed by atoms with Crippen LogP contribution in [0.2, 0.25) is 5.02 Å². The third kappa shape index (κ3) is 5.86. The van der Waals surface area contributed by atoms with Gasteiger partial charge in [-0.05, 0) is 42.5 Å². The van der Waals surface area contributed by atoms with Gasteiger partial charge < -0.3 is 19.9 Å². The van der Waals surface area contributed by atoms with Crippen molar-refractivity contribution in [3.63, 3.8) is 0 Å². The van der Waals surface area contributed by atoms with E-state index in [0.717, 1.165) is 5.69 Å². The van der Waals surface area contributed by atoms with Gasteiger partial charge in [0.25, 0.3) is 0 Å². The van der Waals surface area contributed by atoms with Crippen molar-refractivity contribution in [2.24, 2.45) is 0 Å². The van der Waals surface area contributed by atoms with Crippen LogP contribution in [-0.4, -0.2) is 62.2 Å². The zero-order chi connectivity index (χ0) is 21.6. The Hall–Kier alpha value is -2.91. The minimum Gasteiger partial charge on any atom is -0.486 e. The van der Waals surface area contributed by atoms with Crippen LogP contribution in [0.25, 0.3) is 10.9 Å². The average Bonchev–Trinajstić information content (AvgIpc) is 2.78. The van der Waals surface area contributed by atoms with Crippen molar-refractivity contribution in [3.8, 4) is 11.5 Å². The number of anilines is 2. The summed E-state index contributed by atoms with van der Waals surface area (Å²) in [7, 11) is 0. The number of fused-ring (bicyclic) bond motifs is 1. The Morgan fingerprint density at radius 2 is 1.88 bits per heavy atom. The number of hydrogen-bond donors (Lipinski definition) is 2. The summed E-state index contributed by atoms with van der Waals surface area (Å²) in [5.41, 5.74) is 2.08. The van der Waals surface area contributed by atoms with Crippen molar-refractivity contribution >= 4 is 69.5 Å². The molecule has 4 aromatic rings. The first-order valence-electron chi connectivity index (χ1n) is 9.28. The molecule has 32 heavy (non-hydrogen) atoms. The molecule has 157 valence electrons. The van der Waals surface area contributed by atoms with Crippen LogP contribution in [0.5, 0.6) is 11.5 Å².